The molecule has 1 fully saturated rings. The molecule has 2 nitrogen and oxygen atoms in total. The maximum Gasteiger partial charge on any atom is 0.223 e. The molecule has 0 bridgehead atoms. The lowest BCUT2D eigenvalue weighted by Gasteiger charge is -2.23. The molecule has 80 valence electrons. The first kappa shape index (κ1) is 11.3. The molecule has 1 saturated heterocycles. The lowest BCUT2D eigenvalue weighted by Crippen LogP contribution is -2.34. The number of carbonyl (C=O) groups is 1. The normalized spacial score (nSPS) is 24.0. The Morgan fingerprint density at radius 1 is 1.71 bits per heavy atom. The average Bonchev–Trinajstić information content (AvgIpc) is 2.48. The summed E-state index contributed by atoms with van der Waals surface area (Å²) in [4.78, 5) is 13.7. The van der Waals surface area contributed by atoms with E-state index in [2.05, 4.69) is 20.4 Å². The summed E-state index contributed by atoms with van der Waals surface area (Å²) in [6.45, 7) is 8.96. The summed E-state index contributed by atoms with van der Waals surface area (Å²) < 4.78 is 0. The van der Waals surface area contributed by atoms with E-state index in [1.165, 1.54) is 12.8 Å². The van der Waals surface area contributed by atoms with Crippen molar-refractivity contribution in [3.8, 4) is 0 Å². The van der Waals surface area contributed by atoms with E-state index in [1.807, 2.05) is 11.0 Å². The fourth-order valence-electron chi connectivity index (χ4n) is 2.20. The van der Waals surface area contributed by atoms with Gasteiger partial charge in [-0.2, -0.15) is 0 Å². The topological polar surface area (TPSA) is 20.3 Å². The van der Waals surface area contributed by atoms with Gasteiger partial charge in [0.2, 0.25) is 5.91 Å². The maximum atomic E-state index is 11.7. The number of amides is 1. The second-order valence-electron chi connectivity index (χ2n) is 4.28. The molecule has 2 atom stereocenters. The minimum Gasteiger partial charge on any atom is -0.339 e. The molecule has 1 rings (SSSR count). The molecule has 1 aliphatic heterocycles. The van der Waals surface area contributed by atoms with Gasteiger partial charge in [-0.05, 0) is 25.7 Å². The highest BCUT2D eigenvalue weighted by atomic mass is 16.2. The molecule has 0 N–H and O–H groups in total. The van der Waals surface area contributed by atoms with Gasteiger partial charge < -0.3 is 4.90 Å². The SMILES string of the molecule is C=CCC(C)N1CC(CCC)CC1=O. The van der Waals surface area contributed by atoms with Crippen LogP contribution in [0.1, 0.15) is 39.5 Å². The molecule has 0 saturated carbocycles. The van der Waals surface area contributed by atoms with Crippen LogP contribution in [0.3, 0.4) is 0 Å². The zero-order valence-electron chi connectivity index (χ0n) is 9.33. The van der Waals surface area contributed by atoms with Crippen LogP contribution in [0.25, 0.3) is 0 Å². The molecular formula is C12H21NO. The smallest absolute Gasteiger partial charge is 0.223 e. The zero-order valence-corrected chi connectivity index (χ0v) is 9.33. The monoisotopic (exact) mass is 195 g/mol. The number of likely N-dealkylation sites (tertiary alicyclic amines) is 1. The van der Waals surface area contributed by atoms with E-state index in [0.717, 1.165) is 19.4 Å². The van der Waals surface area contributed by atoms with Gasteiger partial charge in [0.25, 0.3) is 0 Å². The van der Waals surface area contributed by atoms with Gasteiger partial charge in [0.15, 0.2) is 0 Å². The number of hydrogen-bond donors (Lipinski definition) is 0. The highest BCUT2D eigenvalue weighted by molar-refractivity contribution is 5.78. The molecule has 0 spiro atoms. The molecule has 0 aromatic heterocycles. The third kappa shape index (κ3) is 2.60. The van der Waals surface area contributed by atoms with E-state index < -0.39 is 0 Å². The van der Waals surface area contributed by atoms with Gasteiger partial charge in [-0.1, -0.05) is 19.4 Å². The van der Waals surface area contributed by atoms with E-state index in [4.69, 9.17) is 0 Å². The van der Waals surface area contributed by atoms with Crippen molar-refractivity contribution in [2.45, 2.75) is 45.6 Å². The van der Waals surface area contributed by atoms with Crippen molar-refractivity contribution in [1.82, 2.24) is 4.90 Å². The lowest BCUT2D eigenvalue weighted by molar-refractivity contribution is -0.129. The summed E-state index contributed by atoms with van der Waals surface area (Å²) in [6, 6.07) is 0.335. The number of rotatable bonds is 5. The molecule has 2 heteroatoms. The van der Waals surface area contributed by atoms with Gasteiger partial charge in [0.05, 0.1) is 0 Å². The molecule has 0 aromatic carbocycles. The van der Waals surface area contributed by atoms with E-state index in [0.29, 0.717) is 17.9 Å². The van der Waals surface area contributed by atoms with Crippen LogP contribution in [-0.4, -0.2) is 23.4 Å². The maximum absolute atomic E-state index is 11.7. The Labute approximate surface area is 87.0 Å². The third-order valence-corrected chi connectivity index (χ3v) is 2.98. The molecular weight excluding hydrogens is 174 g/mol. The van der Waals surface area contributed by atoms with Gasteiger partial charge in [0.1, 0.15) is 0 Å². The standard InChI is InChI=1S/C12H21NO/c1-4-6-10(3)13-9-11(7-5-2)8-12(13)14/h4,10-11H,1,5-9H2,2-3H3. The predicted molar refractivity (Wildman–Crippen MR) is 59.0 cm³/mol. The van der Waals surface area contributed by atoms with Gasteiger partial charge in [0, 0.05) is 19.0 Å². The Hall–Kier alpha value is -0.790. The quantitative estimate of drug-likeness (QED) is 0.617. The van der Waals surface area contributed by atoms with Gasteiger partial charge in [-0.25, -0.2) is 0 Å². The highest BCUT2D eigenvalue weighted by Gasteiger charge is 2.31. The molecule has 0 aromatic rings. The Morgan fingerprint density at radius 2 is 2.43 bits per heavy atom. The molecule has 2 unspecified atom stereocenters. The summed E-state index contributed by atoms with van der Waals surface area (Å²) in [5.74, 6) is 0.928. The second-order valence-corrected chi connectivity index (χ2v) is 4.28. The second kappa shape index (κ2) is 5.18. The minimum atomic E-state index is 0.331. The van der Waals surface area contributed by atoms with Crippen molar-refractivity contribution in [3.63, 3.8) is 0 Å². The third-order valence-electron chi connectivity index (χ3n) is 2.98. The fourth-order valence-corrected chi connectivity index (χ4v) is 2.20. The Morgan fingerprint density at radius 3 is 3.00 bits per heavy atom. The average molecular weight is 195 g/mol. The largest absolute Gasteiger partial charge is 0.339 e. The van der Waals surface area contributed by atoms with Gasteiger partial charge in [-0.15, -0.1) is 6.58 Å². The van der Waals surface area contributed by atoms with Crippen molar-refractivity contribution in [2.75, 3.05) is 6.54 Å². The Kier molecular flexibility index (Phi) is 4.18. The summed E-state index contributed by atoms with van der Waals surface area (Å²) >= 11 is 0. The highest BCUT2D eigenvalue weighted by Crippen LogP contribution is 2.24. The summed E-state index contributed by atoms with van der Waals surface area (Å²) in [7, 11) is 0. The van der Waals surface area contributed by atoms with Crippen molar-refractivity contribution >= 4 is 5.91 Å². The number of hydrogen-bond acceptors (Lipinski definition) is 1. The van der Waals surface area contributed by atoms with Crippen molar-refractivity contribution in [2.24, 2.45) is 5.92 Å². The molecule has 1 aliphatic rings. The first-order valence-corrected chi connectivity index (χ1v) is 5.59. The Bertz CT molecular complexity index is 212. The van der Waals surface area contributed by atoms with Crippen LogP contribution in [-0.2, 0) is 4.79 Å². The van der Waals surface area contributed by atoms with E-state index in [9.17, 15) is 4.79 Å². The molecule has 14 heavy (non-hydrogen) atoms. The first-order chi connectivity index (χ1) is 6.69. The van der Waals surface area contributed by atoms with Crippen molar-refractivity contribution in [3.05, 3.63) is 12.7 Å². The molecule has 1 amide bonds. The summed E-state index contributed by atoms with van der Waals surface area (Å²) in [5, 5.41) is 0. The van der Waals surface area contributed by atoms with E-state index in [-0.39, 0.29) is 0 Å². The number of carbonyl (C=O) groups excluding carboxylic acids is 1. The van der Waals surface area contributed by atoms with E-state index in [1.54, 1.807) is 0 Å². The molecule has 0 aliphatic carbocycles. The van der Waals surface area contributed by atoms with Crippen molar-refractivity contribution in [1.29, 1.82) is 0 Å². The van der Waals surface area contributed by atoms with E-state index >= 15 is 0 Å². The lowest BCUT2D eigenvalue weighted by atomic mass is 10.0. The van der Waals surface area contributed by atoms with Crippen LogP contribution in [0, 0.1) is 5.92 Å². The van der Waals surface area contributed by atoms with Crippen LogP contribution in [0.4, 0.5) is 0 Å². The van der Waals surface area contributed by atoms with Crippen LogP contribution < -0.4 is 0 Å². The predicted octanol–water partition coefficient (Wildman–Crippen LogP) is 2.60. The fraction of sp³-hybridized carbons (Fsp3) is 0.750. The van der Waals surface area contributed by atoms with Crippen LogP contribution in [0.15, 0.2) is 12.7 Å². The van der Waals surface area contributed by atoms with Gasteiger partial charge >= 0.3 is 0 Å². The Balaban J connectivity index is 2.47. The number of nitrogens with zero attached hydrogens (tertiary/aromatic N) is 1. The van der Waals surface area contributed by atoms with Crippen LogP contribution in [0.2, 0.25) is 0 Å². The molecule has 0 radical (unpaired) electrons. The summed E-state index contributed by atoms with van der Waals surface area (Å²) in [5.41, 5.74) is 0. The summed E-state index contributed by atoms with van der Waals surface area (Å²) in [6.07, 6.45) is 5.93. The minimum absolute atomic E-state index is 0.331. The zero-order chi connectivity index (χ0) is 10.6. The van der Waals surface area contributed by atoms with Crippen LogP contribution >= 0.6 is 0 Å². The van der Waals surface area contributed by atoms with Gasteiger partial charge in [-0.3, -0.25) is 4.79 Å². The molecule has 1 heterocycles. The van der Waals surface area contributed by atoms with Crippen molar-refractivity contribution < 1.29 is 4.79 Å². The van der Waals surface area contributed by atoms with Crippen LogP contribution in [0.5, 0.6) is 0 Å². The first-order valence-electron chi connectivity index (χ1n) is 5.59.